The van der Waals surface area contributed by atoms with Crippen molar-refractivity contribution in [3.05, 3.63) is 35.4 Å². The Labute approximate surface area is 131 Å². The zero-order chi connectivity index (χ0) is 16.9. The lowest BCUT2D eigenvalue weighted by Gasteiger charge is -2.48. The van der Waals surface area contributed by atoms with Crippen molar-refractivity contribution in [2.45, 2.75) is 26.2 Å². The molecule has 1 aromatic carbocycles. The van der Waals surface area contributed by atoms with Crippen molar-refractivity contribution in [2.75, 3.05) is 19.8 Å². The summed E-state index contributed by atoms with van der Waals surface area (Å²) in [5.74, 6) is -2.02. The fourth-order valence-corrected chi connectivity index (χ4v) is 3.75. The third-order valence-electron chi connectivity index (χ3n) is 4.89. The molecule has 0 aliphatic heterocycles. The van der Waals surface area contributed by atoms with Gasteiger partial charge in [0.25, 0.3) is 0 Å². The van der Waals surface area contributed by atoms with Crippen LogP contribution >= 0.6 is 0 Å². The smallest absolute Gasteiger partial charge is 0.335 e. The lowest BCUT2D eigenvalue weighted by Crippen LogP contribution is -2.50. The van der Waals surface area contributed by atoms with Gasteiger partial charge < -0.3 is 20.4 Å². The number of carboxylic acids is 1. The summed E-state index contributed by atoms with van der Waals surface area (Å²) in [6, 6.07) is 6.63. The highest BCUT2D eigenvalue weighted by molar-refractivity contribution is 5.90. The molecule has 0 bridgehead atoms. The van der Waals surface area contributed by atoms with Gasteiger partial charge in [0, 0.05) is 25.2 Å². The summed E-state index contributed by atoms with van der Waals surface area (Å²) in [4.78, 5) is 11.6. The number of hydrogen-bond donors (Lipinski definition) is 4. The molecular formula is C17H26O5. The normalized spacial score (nSPS) is 18.3. The number of aliphatic hydroxyl groups excluding tert-OH is 3. The molecule has 0 spiro atoms. The molecule has 0 saturated carbocycles. The zero-order valence-electron chi connectivity index (χ0n) is 13.4. The standard InChI is InChI=1S/C17H26O5/c1-11(8-18)17(12(2)9-19,13(3)10-20)15-7-5-4-6-14(15)16(21)22/h4-7,11-13,18-20H,8-10H2,1-3H3,(H,21,22). The van der Waals surface area contributed by atoms with Crippen molar-refractivity contribution in [3.8, 4) is 0 Å². The summed E-state index contributed by atoms with van der Waals surface area (Å²) in [7, 11) is 0. The molecule has 1 aromatic rings. The molecule has 0 fully saturated rings. The topological polar surface area (TPSA) is 98.0 Å². The number of hydrogen-bond acceptors (Lipinski definition) is 4. The van der Waals surface area contributed by atoms with Gasteiger partial charge in [-0.2, -0.15) is 0 Å². The molecule has 1 rings (SSSR count). The molecule has 5 heteroatoms. The highest BCUT2D eigenvalue weighted by Gasteiger charge is 2.48. The molecule has 3 atom stereocenters. The van der Waals surface area contributed by atoms with E-state index in [1.807, 2.05) is 20.8 Å². The van der Waals surface area contributed by atoms with Crippen molar-refractivity contribution in [1.29, 1.82) is 0 Å². The number of benzene rings is 1. The Bertz CT molecular complexity index is 473. The van der Waals surface area contributed by atoms with Crippen LogP contribution in [0.15, 0.2) is 24.3 Å². The van der Waals surface area contributed by atoms with E-state index in [4.69, 9.17) is 0 Å². The summed E-state index contributed by atoms with van der Waals surface area (Å²) >= 11 is 0. The van der Waals surface area contributed by atoms with E-state index in [1.165, 1.54) is 6.07 Å². The predicted octanol–water partition coefficient (Wildman–Crippen LogP) is 1.51. The molecular weight excluding hydrogens is 284 g/mol. The Morgan fingerprint density at radius 1 is 0.955 bits per heavy atom. The number of aromatic carboxylic acids is 1. The van der Waals surface area contributed by atoms with E-state index in [0.29, 0.717) is 5.56 Å². The molecule has 5 nitrogen and oxygen atoms in total. The van der Waals surface area contributed by atoms with Gasteiger partial charge >= 0.3 is 5.97 Å². The van der Waals surface area contributed by atoms with Crippen molar-refractivity contribution >= 4 is 5.97 Å². The Balaban J connectivity index is 3.72. The van der Waals surface area contributed by atoms with Gasteiger partial charge in [-0.3, -0.25) is 0 Å². The van der Waals surface area contributed by atoms with Crippen molar-refractivity contribution in [2.24, 2.45) is 17.8 Å². The van der Waals surface area contributed by atoms with E-state index in [-0.39, 0.29) is 43.1 Å². The first-order valence-corrected chi connectivity index (χ1v) is 7.53. The third kappa shape index (κ3) is 3.02. The molecule has 0 aliphatic carbocycles. The highest BCUT2D eigenvalue weighted by Crippen LogP contribution is 2.47. The van der Waals surface area contributed by atoms with Crippen LogP contribution in [0.25, 0.3) is 0 Å². The molecule has 22 heavy (non-hydrogen) atoms. The van der Waals surface area contributed by atoms with E-state index in [2.05, 4.69) is 0 Å². The van der Waals surface area contributed by atoms with Crippen LogP contribution in [0, 0.1) is 17.8 Å². The minimum absolute atomic E-state index is 0.142. The maximum Gasteiger partial charge on any atom is 0.335 e. The lowest BCUT2D eigenvalue weighted by molar-refractivity contribution is 0.0176. The first-order chi connectivity index (χ1) is 10.4. The highest BCUT2D eigenvalue weighted by atomic mass is 16.4. The van der Waals surface area contributed by atoms with Crippen LogP contribution in [0.2, 0.25) is 0 Å². The molecule has 0 radical (unpaired) electrons. The van der Waals surface area contributed by atoms with Gasteiger partial charge in [-0.1, -0.05) is 39.0 Å². The van der Waals surface area contributed by atoms with Crippen LogP contribution in [0.5, 0.6) is 0 Å². The summed E-state index contributed by atoms with van der Waals surface area (Å²) in [5.41, 5.74) is -0.150. The third-order valence-corrected chi connectivity index (χ3v) is 4.89. The molecule has 3 unspecified atom stereocenters. The molecule has 0 aliphatic rings. The van der Waals surface area contributed by atoms with Crippen molar-refractivity contribution in [1.82, 2.24) is 0 Å². The number of carboxylic acid groups (broad SMARTS) is 1. The fourth-order valence-electron chi connectivity index (χ4n) is 3.75. The Morgan fingerprint density at radius 2 is 1.36 bits per heavy atom. The first-order valence-electron chi connectivity index (χ1n) is 7.53. The van der Waals surface area contributed by atoms with Gasteiger partial charge in [0.05, 0.1) is 5.56 Å². The summed E-state index contributed by atoms with van der Waals surface area (Å²) < 4.78 is 0. The largest absolute Gasteiger partial charge is 0.478 e. The average Bonchev–Trinajstić information content (AvgIpc) is 2.54. The number of carbonyl (C=O) groups is 1. The maximum atomic E-state index is 11.6. The minimum atomic E-state index is -1.06. The molecule has 0 saturated heterocycles. The van der Waals surface area contributed by atoms with E-state index in [1.54, 1.807) is 18.2 Å². The average molecular weight is 310 g/mol. The van der Waals surface area contributed by atoms with E-state index in [9.17, 15) is 25.2 Å². The molecule has 4 N–H and O–H groups in total. The van der Waals surface area contributed by atoms with E-state index >= 15 is 0 Å². The van der Waals surface area contributed by atoms with Crippen molar-refractivity contribution in [3.63, 3.8) is 0 Å². The van der Waals surface area contributed by atoms with Crippen LogP contribution in [-0.2, 0) is 5.41 Å². The van der Waals surface area contributed by atoms with Crippen molar-refractivity contribution < 1.29 is 25.2 Å². The molecule has 0 aromatic heterocycles. The SMILES string of the molecule is CC(CO)C(c1ccccc1C(=O)O)(C(C)CO)C(C)CO. The molecule has 0 heterocycles. The quantitative estimate of drug-likeness (QED) is 0.583. The van der Waals surface area contributed by atoms with Crippen LogP contribution in [0.4, 0.5) is 0 Å². The predicted molar refractivity (Wildman–Crippen MR) is 83.8 cm³/mol. The monoisotopic (exact) mass is 310 g/mol. The Morgan fingerprint density at radius 3 is 1.73 bits per heavy atom. The van der Waals surface area contributed by atoms with Crippen LogP contribution in [-0.4, -0.2) is 46.2 Å². The Kier molecular flexibility index (Phi) is 6.53. The van der Waals surface area contributed by atoms with Crippen LogP contribution in [0.1, 0.15) is 36.7 Å². The van der Waals surface area contributed by atoms with Gasteiger partial charge in [-0.05, 0) is 29.4 Å². The van der Waals surface area contributed by atoms with E-state index < -0.39 is 11.4 Å². The minimum Gasteiger partial charge on any atom is -0.478 e. The number of aliphatic hydroxyl groups is 3. The molecule has 124 valence electrons. The zero-order valence-corrected chi connectivity index (χ0v) is 13.4. The van der Waals surface area contributed by atoms with Crippen LogP contribution < -0.4 is 0 Å². The Hall–Kier alpha value is -1.43. The van der Waals surface area contributed by atoms with E-state index in [0.717, 1.165) is 0 Å². The lowest BCUT2D eigenvalue weighted by atomic mass is 9.56. The molecule has 0 amide bonds. The second-order valence-corrected chi connectivity index (χ2v) is 6.03. The van der Waals surface area contributed by atoms with Crippen LogP contribution in [0.3, 0.4) is 0 Å². The maximum absolute atomic E-state index is 11.6. The van der Waals surface area contributed by atoms with Gasteiger partial charge in [-0.25, -0.2) is 4.79 Å². The van der Waals surface area contributed by atoms with Gasteiger partial charge in [0.2, 0.25) is 0 Å². The summed E-state index contributed by atoms with van der Waals surface area (Å²) in [5, 5.41) is 38.7. The fraction of sp³-hybridized carbons (Fsp3) is 0.588. The van der Waals surface area contributed by atoms with Gasteiger partial charge in [0.1, 0.15) is 0 Å². The summed E-state index contributed by atoms with van der Waals surface area (Å²) in [6.45, 7) is 4.96. The summed E-state index contributed by atoms with van der Waals surface area (Å²) in [6.07, 6.45) is 0. The second-order valence-electron chi connectivity index (χ2n) is 6.03. The van der Waals surface area contributed by atoms with Gasteiger partial charge in [-0.15, -0.1) is 0 Å². The number of rotatable bonds is 8. The van der Waals surface area contributed by atoms with Gasteiger partial charge in [0.15, 0.2) is 0 Å². The first kappa shape index (κ1) is 18.6. The second kappa shape index (κ2) is 7.72.